The highest BCUT2D eigenvalue weighted by Gasteiger charge is 2.19. The minimum absolute atomic E-state index is 0.726. The van der Waals surface area contributed by atoms with E-state index in [4.69, 9.17) is 0 Å². The monoisotopic (exact) mass is 244 g/mol. The molecule has 2 heteroatoms. The van der Waals surface area contributed by atoms with Crippen LogP contribution < -0.4 is 5.32 Å². The van der Waals surface area contributed by atoms with E-state index in [1.54, 1.807) is 11.1 Å². The van der Waals surface area contributed by atoms with Crippen LogP contribution >= 0.6 is 0 Å². The van der Waals surface area contributed by atoms with Gasteiger partial charge in [0.2, 0.25) is 0 Å². The maximum atomic E-state index is 3.67. The minimum atomic E-state index is 0.726. The smallest absolute Gasteiger partial charge is 0.0237 e. The molecule has 98 valence electrons. The molecule has 18 heavy (non-hydrogen) atoms. The summed E-state index contributed by atoms with van der Waals surface area (Å²) >= 11 is 0. The summed E-state index contributed by atoms with van der Waals surface area (Å²) in [5.41, 5.74) is 3.11. The second-order valence-corrected chi connectivity index (χ2v) is 5.75. The van der Waals surface area contributed by atoms with Crippen molar-refractivity contribution in [2.75, 3.05) is 19.6 Å². The first-order valence-electron chi connectivity index (χ1n) is 7.44. The molecule has 2 aliphatic heterocycles. The summed E-state index contributed by atoms with van der Waals surface area (Å²) in [4.78, 5) is 2.65. The molecule has 1 atom stereocenters. The number of benzene rings is 1. The molecular weight excluding hydrogens is 220 g/mol. The molecule has 2 aliphatic rings. The lowest BCUT2D eigenvalue weighted by Crippen LogP contribution is -2.43. The average molecular weight is 244 g/mol. The van der Waals surface area contributed by atoms with Crippen LogP contribution in [0.1, 0.15) is 36.8 Å². The standard InChI is InChI=1S/C16H24N2/c1-2-7-15-12-18(11-5-8-14(15)6-1)13-16-9-3-4-10-17-16/h1-2,6-7,16-17H,3-5,8-13H2. The summed E-state index contributed by atoms with van der Waals surface area (Å²) in [5.74, 6) is 0. The third kappa shape index (κ3) is 2.93. The van der Waals surface area contributed by atoms with Crippen LogP contribution in [-0.4, -0.2) is 30.6 Å². The van der Waals surface area contributed by atoms with Gasteiger partial charge in [-0.25, -0.2) is 0 Å². The van der Waals surface area contributed by atoms with E-state index in [2.05, 4.69) is 34.5 Å². The van der Waals surface area contributed by atoms with Crippen LogP contribution in [-0.2, 0) is 13.0 Å². The van der Waals surface area contributed by atoms with Crippen LogP contribution in [0.4, 0.5) is 0 Å². The molecular formula is C16H24N2. The second kappa shape index (κ2) is 5.85. The van der Waals surface area contributed by atoms with E-state index >= 15 is 0 Å². The topological polar surface area (TPSA) is 15.3 Å². The summed E-state index contributed by atoms with van der Waals surface area (Å²) in [6.45, 7) is 4.85. The van der Waals surface area contributed by atoms with E-state index in [9.17, 15) is 0 Å². The Morgan fingerprint density at radius 2 is 2.00 bits per heavy atom. The van der Waals surface area contributed by atoms with E-state index in [1.807, 2.05) is 0 Å². The van der Waals surface area contributed by atoms with Gasteiger partial charge in [0, 0.05) is 19.1 Å². The zero-order valence-electron chi connectivity index (χ0n) is 11.2. The molecule has 1 unspecified atom stereocenters. The molecule has 1 fully saturated rings. The van der Waals surface area contributed by atoms with Crippen LogP contribution in [0.3, 0.4) is 0 Å². The van der Waals surface area contributed by atoms with Crippen LogP contribution in [0.5, 0.6) is 0 Å². The molecule has 0 bridgehead atoms. The molecule has 1 saturated heterocycles. The fraction of sp³-hybridized carbons (Fsp3) is 0.625. The van der Waals surface area contributed by atoms with Gasteiger partial charge < -0.3 is 5.32 Å². The van der Waals surface area contributed by atoms with Gasteiger partial charge in [-0.05, 0) is 49.9 Å². The molecule has 2 nitrogen and oxygen atoms in total. The molecule has 2 heterocycles. The first-order chi connectivity index (χ1) is 8.92. The zero-order valence-corrected chi connectivity index (χ0v) is 11.2. The van der Waals surface area contributed by atoms with Crippen LogP contribution in [0, 0.1) is 0 Å². The highest BCUT2D eigenvalue weighted by Crippen LogP contribution is 2.19. The van der Waals surface area contributed by atoms with E-state index in [0.717, 1.165) is 12.6 Å². The van der Waals surface area contributed by atoms with Crippen LogP contribution in [0.25, 0.3) is 0 Å². The number of nitrogens with one attached hydrogen (secondary N) is 1. The number of piperidine rings is 1. The zero-order chi connectivity index (χ0) is 12.2. The Morgan fingerprint density at radius 1 is 1.11 bits per heavy atom. The van der Waals surface area contributed by atoms with E-state index in [1.165, 1.54) is 51.7 Å². The number of fused-ring (bicyclic) bond motifs is 1. The molecule has 0 radical (unpaired) electrons. The Kier molecular flexibility index (Phi) is 3.96. The van der Waals surface area contributed by atoms with E-state index in [0.29, 0.717) is 0 Å². The molecule has 0 spiro atoms. The quantitative estimate of drug-likeness (QED) is 0.860. The third-order valence-electron chi connectivity index (χ3n) is 4.32. The van der Waals surface area contributed by atoms with Gasteiger partial charge in [0.05, 0.1) is 0 Å². The Balaban J connectivity index is 1.63. The van der Waals surface area contributed by atoms with Gasteiger partial charge in [-0.1, -0.05) is 30.7 Å². The summed E-state index contributed by atoms with van der Waals surface area (Å²) in [6, 6.07) is 9.70. The van der Waals surface area contributed by atoms with Crippen molar-refractivity contribution in [1.29, 1.82) is 0 Å². The Bertz CT molecular complexity index is 382. The first-order valence-corrected chi connectivity index (χ1v) is 7.44. The number of aryl methyl sites for hydroxylation is 1. The summed E-state index contributed by atoms with van der Waals surface area (Å²) in [5, 5.41) is 3.67. The van der Waals surface area contributed by atoms with Crippen LogP contribution in [0.2, 0.25) is 0 Å². The molecule has 1 aromatic rings. The Hall–Kier alpha value is -0.860. The molecule has 1 aromatic carbocycles. The third-order valence-corrected chi connectivity index (χ3v) is 4.32. The lowest BCUT2D eigenvalue weighted by atomic mass is 10.0. The normalized spacial score (nSPS) is 25.4. The van der Waals surface area contributed by atoms with E-state index < -0.39 is 0 Å². The maximum Gasteiger partial charge on any atom is 0.0237 e. The highest BCUT2D eigenvalue weighted by molar-refractivity contribution is 5.28. The van der Waals surface area contributed by atoms with Gasteiger partial charge in [-0.2, -0.15) is 0 Å². The molecule has 3 rings (SSSR count). The number of hydrogen-bond acceptors (Lipinski definition) is 2. The van der Waals surface area contributed by atoms with Crippen molar-refractivity contribution in [2.24, 2.45) is 0 Å². The van der Waals surface area contributed by atoms with Gasteiger partial charge in [0.1, 0.15) is 0 Å². The Morgan fingerprint density at radius 3 is 2.83 bits per heavy atom. The molecule has 1 N–H and O–H groups in total. The predicted octanol–water partition coefficient (Wildman–Crippen LogP) is 2.58. The fourth-order valence-electron chi connectivity index (χ4n) is 3.32. The summed E-state index contributed by atoms with van der Waals surface area (Å²) in [7, 11) is 0. The van der Waals surface area contributed by atoms with Crippen molar-refractivity contribution in [3.8, 4) is 0 Å². The van der Waals surface area contributed by atoms with Gasteiger partial charge in [0.25, 0.3) is 0 Å². The van der Waals surface area contributed by atoms with Crippen molar-refractivity contribution in [2.45, 2.75) is 44.7 Å². The van der Waals surface area contributed by atoms with Gasteiger partial charge in [-0.15, -0.1) is 0 Å². The first kappa shape index (κ1) is 12.2. The van der Waals surface area contributed by atoms with Crippen molar-refractivity contribution in [3.05, 3.63) is 35.4 Å². The van der Waals surface area contributed by atoms with Gasteiger partial charge in [-0.3, -0.25) is 4.90 Å². The van der Waals surface area contributed by atoms with Crippen molar-refractivity contribution >= 4 is 0 Å². The van der Waals surface area contributed by atoms with Crippen LogP contribution in [0.15, 0.2) is 24.3 Å². The summed E-state index contributed by atoms with van der Waals surface area (Å²) < 4.78 is 0. The number of rotatable bonds is 2. The SMILES string of the molecule is c1ccc2c(c1)CCCN(CC1CCCCN1)C2. The van der Waals surface area contributed by atoms with Crippen molar-refractivity contribution in [1.82, 2.24) is 10.2 Å². The molecule has 0 amide bonds. The largest absolute Gasteiger partial charge is 0.313 e. The molecule has 0 aliphatic carbocycles. The highest BCUT2D eigenvalue weighted by atomic mass is 15.1. The summed E-state index contributed by atoms with van der Waals surface area (Å²) in [6.07, 6.45) is 6.69. The van der Waals surface area contributed by atoms with E-state index in [-0.39, 0.29) is 0 Å². The predicted molar refractivity (Wildman–Crippen MR) is 75.7 cm³/mol. The van der Waals surface area contributed by atoms with Crippen molar-refractivity contribution in [3.63, 3.8) is 0 Å². The fourth-order valence-corrected chi connectivity index (χ4v) is 3.32. The lowest BCUT2D eigenvalue weighted by Gasteiger charge is -2.30. The lowest BCUT2D eigenvalue weighted by molar-refractivity contribution is 0.220. The maximum absolute atomic E-state index is 3.67. The van der Waals surface area contributed by atoms with Crippen molar-refractivity contribution < 1.29 is 0 Å². The average Bonchev–Trinajstić information content (AvgIpc) is 2.61. The molecule has 0 aromatic heterocycles. The van der Waals surface area contributed by atoms with Gasteiger partial charge >= 0.3 is 0 Å². The number of hydrogen-bond donors (Lipinski definition) is 1. The molecule has 0 saturated carbocycles. The van der Waals surface area contributed by atoms with Gasteiger partial charge in [0.15, 0.2) is 0 Å². The minimum Gasteiger partial charge on any atom is -0.313 e. The number of nitrogens with zero attached hydrogens (tertiary/aromatic N) is 1. The Labute approximate surface area is 110 Å². The second-order valence-electron chi connectivity index (χ2n) is 5.75.